The van der Waals surface area contributed by atoms with Crippen LogP contribution in [0.1, 0.15) is 60.0 Å². The highest BCUT2D eigenvalue weighted by Crippen LogP contribution is 2.37. The molecule has 0 aliphatic heterocycles. The van der Waals surface area contributed by atoms with E-state index >= 15 is 0 Å². The molecule has 0 radical (unpaired) electrons. The van der Waals surface area contributed by atoms with Crippen LogP contribution in [-0.2, 0) is 23.1 Å². The molecular formula is C21H26N2O3S. The van der Waals surface area contributed by atoms with Gasteiger partial charge in [0, 0.05) is 4.88 Å². The third kappa shape index (κ3) is 4.50. The monoisotopic (exact) mass is 386 g/mol. The number of nitrogens with two attached hydrogens (primary N) is 1. The van der Waals surface area contributed by atoms with Crippen LogP contribution in [0, 0.1) is 0 Å². The molecule has 2 amide bonds. The quantitative estimate of drug-likeness (QED) is 0.814. The van der Waals surface area contributed by atoms with E-state index < -0.39 is 5.91 Å². The van der Waals surface area contributed by atoms with Crippen LogP contribution in [0.4, 0.5) is 5.00 Å². The van der Waals surface area contributed by atoms with Crippen molar-refractivity contribution in [3.63, 3.8) is 0 Å². The summed E-state index contributed by atoms with van der Waals surface area (Å²) >= 11 is 1.46. The summed E-state index contributed by atoms with van der Waals surface area (Å²) in [5.74, 6) is -0.141. The Balaban J connectivity index is 1.65. The van der Waals surface area contributed by atoms with Gasteiger partial charge in [0.1, 0.15) is 10.8 Å². The van der Waals surface area contributed by atoms with Gasteiger partial charge in [-0.15, -0.1) is 11.3 Å². The molecule has 1 aliphatic carbocycles. The number of carbonyl (C=O) groups is 2. The normalized spacial score (nSPS) is 13.7. The lowest BCUT2D eigenvalue weighted by atomic mass is 9.87. The third-order valence-corrected chi connectivity index (χ3v) is 5.97. The van der Waals surface area contributed by atoms with E-state index in [1.54, 1.807) is 0 Å². The van der Waals surface area contributed by atoms with Crippen LogP contribution < -0.4 is 15.8 Å². The number of amides is 2. The standard InChI is InChI=1S/C21H26N2O3S/c1-21(2,3)13-8-10-14(11-9-13)26-12-17(24)23-20-18(19(22)25)15-6-4-5-7-16(15)27-20/h8-11H,4-7,12H2,1-3H3,(H2,22,25)(H,23,24). The SMILES string of the molecule is CC(C)(C)c1ccc(OCC(=O)Nc2sc3c(c2C(N)=O)CCCC3)cc1. The van der Waals surface area contributed by atoms with Crippen molar-refractivity contribution in [1.82, 2.24) is 0 Å². The first-order chi connectivity index (χ1) is 12.8. The maximum absolute atomic E-state index is 12.3. The second-order valence-electron chi connectivity index (χ2n) is 7.89. The molecule has 0 bridgehead atoms. The third-order valence-electron chi connectivity index (χ3n) is 4.76. The number of nitrogens with one attached hydrogen (secondary N) is 1. The van der Waals surface area contributed by atoms with Gasteiger partial charge >= 0.3 is 0 Å². The molecule has 5 nitrogen and oxygen atoms in total. The minimum atomic E-state index is -0.483. The number of benzene rings is 1. The van der Waals surface area contributed by atoms with Crippen LogP contribution in [0.3, 0.4) is 0 Å². The second-order valence-corrected chi connectivity index (χ2v) is 9.00. The van der Waals surface area contributed by atoms with E-state index in [1.807, 2.05) is 24.3 Å². The van der Waals surface area contributed by atoms with Crippen LogP contribution in [0.2, 0.25) is 0 Å². The van der Waals surface area contributed by atoms with Crippen LogP contribution in [0.5, 0.6) is 5.75 Å². The molecule has 2 aromatic rings. The molecule has 0 spiro atoms. The smallest absolute Gasteiger partial charge is 0.262 e. The summed E-state index contributed by atoms with van der Waals surface area (Å²) in [6, 6.07) is 7.75. The second kappa shape index (κ2) is 7.72. The fraction of sp³-hybridized carbons (Fsp3) is 0.429. The van der Waals surface area contributed by atoms with Crippen LogP contribution in [-0.4, -0.2) is 18.4 Å². The van der Waals surface area contributed by atoms with Crippen LogP contribution >= 0.6 is 11.3 Å². The average Bonchev–Trinajstić information content (AvgIpc) is 2.97. The number of aryl methyl sites for hydroxylation is 1. The number of fused-ring (bicyclic) bond motifs is 1. The van der Waals surface area contributed by atoms with E-state index in [0.29, 0.717) is 16.3 Å². The van der Waals surface area contributed by atoms with Crippen molar-refractivity contribution >= 4 is 28.2 Å². The van der Waals surface area contributed by atoms with Crippen molar-refractivity contribution in [1.29, 1.82) is 0 Å². The molecule has 0 unspecified atom stereocenters. The fourth-order valence-electron chi connectivity index (χ4n) is 3.28. The first-order valence-electron chi connectivity index (χ1n) is 9.23. The number of rotatable bonds is 5. The summed E-state index contributed by atoms with van der Waals surface area (Å²) in [5.41, 5.74) is 8.31. The Hall–Kier alpha value is -2.34. The van der Waals surface area contributed by atoms with Gasteiger partial charge in [-0.2, -0.15) is 0 Å². The zero-order valence-electron chi connectivity index (χ0n) is 16.1. The molecule has 0 saturated heterocycles. The van der Waals surface area contributed by atoms with Gasteiger partial charge in [0.05, 0.1) is 5.56 Å². The van der Waals surface area contributed by atoms with E-state index in [1.165, 1.54) is 16.9 Å². The maximum Gasteiger partial charge on any atom is 0.262 e. The minimum Gasteiger partial charge on any atom is -0.484 e. The Morgan fingerprint density at radius 3 is 2.44 bits per heavy atom. The lowest BCUT2D eigenvalue weighted by Gasteiger charge is -2.19. The van der Waals surface area contributed by atoms with Crippen molar-refractivity contribution < 1.29 is 14.3 Å². The zero-order valence-corrected chi connectivity index (χ0v) is 16.9. The molecular weight excluding hydrogens is 360 g/mol. The maximum atomic E-state index is 12.3. The summed E-state index contributed by atoms with van der Waals surface area (Å²) in [5, 5.41) is 3.36. The Bertz CT molecular complexity index is 848. The Kier molecular flexibility index (Phi) is 5.56. The van der Waals surface area contributed by atoms with Gasteiger partial charge < -0.3 is 15.8 Å². The first kappa shape index (κ1) is 19.4. The average molecular weight is 387 g/mol. The molecule has 0 fully saturated rings. The van der Waals surface area contributed by atoms with Gasteiger partial charge in [-0.25, -0.2) is 0 Å². The molecule has 6 heteroatoms. The zero-order chi connectivity index (χ0) is 19.6. The highest BCUT2D eigenvalue weighted by Gasteiger charge is 2.25. The number of ether oxygens (including phenoxy) is 1. The Morgan fingerprint density at radius 1 is 1.15 bits per heavy atom. The van der Waals surface area contributed by atoms with E-state index in [4.69, 9.17) is 10.5 Å². The number of carbonyl (C=O) groups excluding carboxylic acids is 2. The van der Waals surface area contributed by atoms with Crippen LogP contribution in [0.15, 0.2) is 24.3 Å². The largest absolute Gasteiger partial charge is 0.484 e. The van der Waals surface area contributed by atoms with E-state index in [0.717, 1.165) is 36.1 Å². The topological polar surface area (TPSA) is 81.4 Å². The summed E-state index contributed by atoms with van der Waals surface area (Å²) < 4.78 is 5.59. The van der Waals surface area contributed by atoms with E-state index in [-0.39, 0.29) is 17.9 Å². The molecule has 0 saturated carbocycles. The summed E-state index contributed by atoms with van der Waals surface area (Å²) in [6.07, 6.45) is 3.93. The molecule has 3 N–H and O–H groups in total. The molecule has 144 valence electrons. The molecule has 1 aromatic heterocycles. The fourth-order valence-corrected chi connectivity index (χ4v) is 4.59. The van der Waals surface area contributed by atoms with Gasteiger partial charge in [0.15, 0.2) is 6.61 Å². The van der Waals surface area contributed by atoms with Gasteiger partial charge in [-0.1, -0.05) is 32.9 Å². The Morgan fingerprint density at radius 2 is 1.81 bits per heavy atom. The highest BCUT2D eigenvalue weighted by molar-refractivity contribution is 7.17. The number of anilines is 1. The van der Waals surface area contributed by atoms with Gasteiger partial charge in [0.25, 0.3) is 11.8 Å². The van der Waals surface area contributed by atoms with Crippen molar-refractivity contribution in [2.45, 2.75) is 51.9 Å². The van der Waals surface area contributed by atoms with Crippen molar-refractivity contribution in [2.24, 2.45) is 5.73 Å². The molecule has 0 atom stereocenters. The molecule has 3 rings (SSSR count). The van der Waals surface area contributed by atoms with Gasteiger partial charge in [0.2, 0.25) is 0 Å². The predicted octanol–water partition coefficient (Wildman–Crippen LogP) is 4.04. The molecule has 1 aromatic carbocycles. The lowest BCUT2D eigenvalue weighted by molar-refractivity contribution is -0.118. The van der Waals surface area contributed by atoms with E-state index in [2.05, 4.69) is 26.1 Å². The number of hydrogen-bond donors (Lipinski definition) is 2. The van der Waals surface area contributed by atoms with Gasteiger partial charge in [-0.3, -0.25) is 9.59 Å². The summed E-state index contributed by atoms with van der Waals surface area (Å²) in [6.45, 7) is 6.32. The summed E-state index contributed by atoms with van der Waals surface area (Å²) in [7, 11) is 0. The lowest BCUT2D eigenvalue weighted by Crippen LogP contribution is -2.22. The Labute approximate surface area is 163 Å². The summed E-state index contributed by atoms with van der Waals surface area (Å²) in [4.78, 5) is 25.3. The molecule has 27 heavy (non-hydrogen) atoms. The van der Waals surface area contributed by atoms with Crippen molar-refractivity contribution in [3.05, 3.63) is 45.8 Å². The molecule has 1 heterocycles. The van der Waals surface area contributed by atoms with Crippen molar-refractivity contribution in [3.8, 4) is 5.75 Å². The number of primary amides is 1. The number of hydrogen-bond acceptors (Lipinski definition) is 4. The van der Waals surface area contributed by atoms with E-state index in [9.17, 15) is 9.59 Å². The molecule has 1 aliphatic rings. The highest BCUT2D eigenvalue weighted by atomic mass is 32.1. The van der Waals surface area contributed by atoms with Crippen LogP contribution in [0.25, 0.3) is 0 Å². The van der Waals surface area contributed by atoms with Gasteiger partial charge in [-0.05, 0) is 54.4 Å². The predicted molar refractivity (Wildman–Crippen MR) is 109 cm³/mol. The number of thiophene rings is 1. The first-order valence-corrected chi connectivity index (χ1v) is 10.0. The minimum absolute atomic E-state index is 0.0688. The van der Waals surface area contributed by atoms with Crippen molar-refractivity contribution in [2.75, 3.05) is 11.9 Å².